The lowest BCUT2D eigenvalue weighted by Crippen LogP contribution is -2.13. The molecule has 2 aromatic rings. The summed E-state index contributed by atoms with van der Waals surface area (Å²) in [6.07, 6.45) is 4.51. The zero-order valence-electron chi connectivity index (χ0n) is 11.1. The van der Waals surface area contributed by atoms with Gasteiger partial charge in [-0.05, 0) is 30.4 Å². The number of carbonyl (C=O) groups is 1. The molecule has 7 heteroatoms. The van der Waals surface area contributed by atoms with Gasteiger partial charge < -0.3 is 9.92 Å². The fraction of sp³-hybridized carbons (Fsp3) is 0.385. The van der Waals surface area contributed by atoms with Gasteiger partial charge in [0.1, 0.15) is 0 Å². The van der Waals surface area contributed by atoms with Crippen molar-refractivity contribution in [3.63, 3.8) is 0 Å². The lowest BCUT2D eigenvalue weighted by atomic mass is 9.92. The number of aryl methyl sites for hydroxylation is 1. The number of primary amides is 1. The monoisotopic (exact) mass is 309 g/mol. The van der Waals surface area contributed by atoms with Crippen molar-refractivity contribution in [3.8, 4) is 11.3 Å². The second-order valence-corrected chi connectivity index (χ2v) is 6.70. The molecule has 3 N–H and O–H groups in total. The number of nitrogens with one attached hydrogen (secondary N) is 1. The molecule has 2 heterocycles. The minimum absolute atomic E-state index is 0.364. The molecule has 0 unspecified atom stereocenters. The van der Waals surface area contributed by atoms with Crippen LogP contribution in [-0.2, 0) is 17.0 Å². The van der Waals surface area contributed by atoms with Crippen LogP contribution in [0.2, 0.25) is 0 Å². The van der Waals surface area contributed by atoms with Crippen molar-refractivity contribution in [2.45, 2.75) is 30.4 Å². The van der Waals surface area contributed by atoms with Gasteiger partial charge in [0.05, 0.1) is 27.6 Å². The Bertz CT molecular complexity index is 648. The van der Waals surface area contributed by atoms with Crippen LogP contribution in [0.3, 0.4) is 0 Å². The predicted molar refractivity (Wildman–Crippen MR) is 79.9 cm³/mol. The van der Waals surface area contributed by atoms with E-state index >= 15 is 0 Å². The van der Waals surface area contributed by atoms with Gasteiger partial charge in [0.2, 0.25) is 0 Å². The van der Waals surface area contributed by atoms with Crippen molar-refractivity contribution in [2.75, 3.05) is 6.61 Å². The summed E-state index contributed by atoms with van der Waals surface area (Å²) in [5, 5.41) is 7.14. The zero-order valence-corrected chi connectivity index (χ0v) is 12.7. The van der Waals surface area contributed by atoms with E-state index in [0.29, 0.717) is 11.5 Å². The molecule has 0 bridgehead atoms. The molecule has 0 radical (unpaired) electrons. The third kappa shape index (κ3) is 2.25. The highest BCUT2D eigenvalue weighted by molar-refractivity contribution is 7.96. The van der Waals surface area contributed by atoms with E-state index in [9.17, 15) is 4.79 Å². The van der Waals surface area contributed by atoms with Gasteiger partial charge in [-0.15, -0.1) is 11.3 Å². The Hall–Kier alpha value is -1.31. The Morgan fingerprint density at radius 3 is 3.20 bits per heavy atom. The molecule has 106 valence electrons. The maximum absolute atomic E-state index is 11.6. The first kappa shape index (κ1) is 13.7. The van der Waals surface area contributed by atoms with Gasteiger partial charge in [0.15, 0.2) is 0 Å². The van der Waals surface area contributed by atoms with Gasteiger partial charge in [-0.25, -0.2) is 0 Å². The topological polar surface area (TPSA) is 81.0 Å². The predicted octanol–water partition coefficient (Wildman–Crippen LogP) is 2.77. The van der Waals surface area contributed by atoms with Gasteiger partial charge in [-0.3, -0.25) is 9.89 Å². The molecule has 1 aliphatic rings. The lowest BCUT2D eigenvalue weighted by Gasteiger charge is -2.13. The SMILES string of the molecule is CCCOSc1sc(C(N)=O)c2c1-c1[nH]ncc1CC2. The van der Waals surface area contributed by atoms with E-state index < -0.39 is 0 Å². The van der Waals surface area contributed by atoms with Crippen LogP contribution in [0, 0.1) is 0 Å². The molecule has 0 saturated heterocycles. The summed E-state index contributed by atoms with van der Waals surface area (Å²) >= 11 is 2.74. The van der Waals surface area contributed by atoms with E-state index in [4.69, 9.17) is 9.92 Å². The second-order valence-electron chi connectivity index (χ2n) is 4.61. The van der Waals surface area contributed by atoms with E-state index in [1.165, 1.54) is 28.9 Å². The molecule has 0 saturated carbocycles. The first-order valence-corrected chi connectivity index (χ1v) is 8.05. The van der Waals surface area contributed by atoms with Crippen LogP contribution >= 0.6 is 23.4 Å². The van der Waals surface area contributed by atoms with Crippen molar-refractivity contribution in [3.05, 3.63) is 22.2 Å². The maximum atomic E-state index is 11.6. The number of nitrogens with two attached hydrogens (primary N) is 1. The molecule has 0 aliphatic heterocycles. The van der Waals surface area contributed by atoms with Crippen LogP contribution in [0.1, 0.15) is 34.1 Å². The molecule has 0 spiro atoms. The summed E-state index contributed by atoms with van der Waals surface area (Å²) in [4.78, 5) is 12.3. The number of aromatic nitrogens is 2. The molecule has 1 amide bonds. The van der Waals surface area contributed by atoms with Crippen molar-refractivity contribution in [1.82, 2.24) is 10.2 Å². The number of thiophene rings is 1. The van der Waals surface area contributed by atoms with E-state index in [2.05, 4.69) is 17.1 Å². The third-order valence-electron chi connectivity index (χ3n) is 3.23. The largest absolute Gasteiger partial charge is 0.365 e. The maximum Gasteiger partial charge on any atom is 0.259 e. The number of carbonyl (C=O) groups excluding carboxylic acids is 1. The summed E-state index contributed by atoms with van der Waals surface area (Å²) < 4.78 is 6.54. The molecule has 3 rings (SSSR count). The number of hydrogen-bond donors (Lipinski definition) is 2. The van der Waals surface area contributed by atoms with E-state index in [-0.39, 0.29) is 5.91 Å². The highest BCUT2D eigenvalue weighted by Gasteiger charge is 2.28. The average molecular weight is 309 g/mol. The lowest BCUT2D eigenvalue weighted by molar-refractivity contribution is 0.100. The highest BCUT2D eigenvalue weighted by Crippen LogP contribution is 2.46. The summed E-state index contributed by atoms with van der Waals surface area (Å²) in [6.45, 7) is 2.74. The van der Waals surface area contributed by atoms with Crippen LogP contribution < -0.4 is 5.73 Å². The molecule has 5 nitrogen and oxygen atoms in total. The first-order chi connectivity index (χ1) is 9.72. The summed E-state index contributed by atoms with van der Waals surface area (Å²) in [6, 6.07) is 0. The Morgan fingerprint density at radius 1 is 1.60 bits per heavy atom. The third-order valence-corrected chi connectivity index (χ3v) is 5.37. The van der Waals surface area contributed by atoms with Gasteiger partial charge in [0, 0.05) is 17.6 Å². The minimum Gasteiger partial charge on any atom is -0.365 e. The van der Waals surface area contributed by atoms with Crippen molar-refractivity contribution < 1.29 is 8.98 Å². The van der Waals surface area contributed by atoms with E-state index in [0.717, 1.165) is 40.3 Å². The molecule has 1 aliphatic carbocycles. The van der Waals surface area contributed by atoms with Gasteiger partial charge in [-0.1, -0.05) is 6.92 Å². The number of rotatable bonds is 5. The molecular weight excluding hydrogens is 294 g/mol. The van der Waals surface area contributed by atoms with Gasteiger partial charge in [-0.2, -0.15) is 5.10 Å². The Balaban J connectivity index is 2.05. The molecule has 2 aromatic heterocycles. The summed E-state index contributed by atoms with van der Waals surface area (Å²) in [7, 11) is 0. The molecular formula is C13H15N3O2S2. The zero-order chi connectivity index (χ0) is 14.1. The number of aromatic amines is 1. The quantitative estimate of drug-likeness (QED) is 0.657. The Labute approximate surface area is 125 Å². The molecule has 0 aromatic carbocycles. The standard InChI is InChI=1S/C13H15N3O2S2/c1-2-5-18-20-13-9-8(11(19-13)12(14)17)4-3-7-6-15-16-10(7)9/h6H,2-5H2,1H3,(H2,14,17)(H,15,16). The summed E-state index contributed by atoms with van der Waals surface area (Å²) in [5.74, 6) is -0.364. The van der Waals surface area contributed by atoms with Crippen molar-refractivity contribution in [2.24, 2.45) is 5.73 Å². The second kappa shape index (κ2) is 5.59. The number of hydrogen-bond acceptors (Lipinski definition) is 5. The number of nitrogens with zero attached hydrogens (tertiary/aromatic N) is 1. The molecule has 0 fully saturated rings. The van der Waals surface area contributed by atoms with Crippen LogP contribution in [0.25, 0.3) is 11.3 Å². The number of fused-ring (bicyclic) bond motifs is 3. The van der Waals surface area contributed by atoms with Crippen LogP contribution in [0.5, 0.6) is 0 Å². The Kier molecular flexibility index (Phi) is 3.82. The number of H-pyrrole nitrogens is 1. The van der Waals surface area contributed by atoms with Crippen LogP contribution in [0.4, 0.5) is 0 Å². The fourth-order valence-corrected chi connectivity index (χ4v) is 4.48. The van der Waals surface area contributed by atoms with Crippen molar-refractivity contribution in [1.29, 1.82) is 0 Å². The van der Waals surface area contributed by atoms with Crippen molar-refractivity contribution >= 4 is 29.3 Å². The Morgan fingerprint density at radius 2 is 2.45 bits per heavy atom. The smallest absolute Gasteiger partial charge is 0.259 e. The highest BCUT2D eigenvalue weighted by atomic mass is 32.2. The summed E-state index contributed by atoms with van der Waals surface area (Å²) in [5.41, 5.74) is 9.75. The van der Waals surface area contributed by atoms with Gasteiger partial charge >= 0.3 is 0 Å². The molecule has 20 heavy (non-hydrogen) atoms. The minimum atomic E-state index is -0.364. The molecule has 0 atom stereocenters. The fourth-order valence-electron chi connectivity index (χ4n) is 2.35. The van der Waals surface area contributed by atoms with E-state index in [1.54, 1.807) is 0 Å². The first-order valence-electron chi connectivity index (χ1n) is 6.50. The normalized spacial score (nSPS) is 13.1. The average Bonchev–Trinajstić information content (AvgIpc) is 3.02. The number of amides is 1. The van der Waals surface area contributed by atoms with E-state index in [1.807, 2.05) is 6.20 Å². The van der Waals surface area contributed by atoms with Crippen LogP contribution in [-0.4, -0.2) is 22.7 Å². The van der Waals surface area contributed by atoms with Crippen LogP contribution in [0.15, 0.2) is 10.4 Å². The van der Waals surface area contributed by atoms with Gasteiger partial charge in [0.25, 0.3) is 5.91 Å².